The van der Waals surface area contributed by atoms with Crippen molar-refractivity contribution in [3.05, 3.63) is 34.2 Å². The summed E-state index contributed by atoms with van der Waals surface area (Å²) in [5.41, 5.74) is -0.292. The van der Waals surface area contributed by atoms with Crippen molar-refractivity contribution in [1.82, 2.24) is 10.3 Å². The van der Waals surface area contributed by atoms with E-state index in [-0.39, 0.29) is 17.5 Å². The summed E-state index contributed by atoms with van der Waals surface area (Å²) in [4.78, 5) is 25.1. The molecule has 76 valence electrons. The maximum atomic E-state index is 11.3. The van der Waals surface area contributed by atoms with Gasteiger partial charge < -0.3 is 15.4 Å². The monoisotopic (exact) mass is 196 g/mol. The molecule has 0 radical (unpaired) electrons. The molecule has 0 aliphatic heterocycles. The van der Waals surface area contributed by atoms with Gasteiger partial charge >= 0.3 is 0 Å². The molecule has 1 heterocycles. The van der Waals surface area contributed by atoms with Crippen LogP contribution in [0.3, 0.4) is 0 Å². The highest BCUT2D eigenvalue weighted by atomic mass is 16.3. The van der Waals surface area contributed by atoms with E-state index in [1.165, 1.54) is 18.5 Å². The van der Waals surface area contributed by atoms with Crippen LogP contribution in [0.2, 0.25) is 0 Å². The van der Waals surface area contributed by atoms with Crippen molar-refractivity contribution in [2.75, 3.05) is 6.54 Å². The fourth-order valence-electron chi connectivity index (χ4n) is 0.929. The Labute approximate surface area is 80.8 Å². The molecule has 0 unspecified atom stereocenters. The average Bonchev–Trinajstić information content (AvgIpc) is 2.15. The quantitative estimate of drug-likeness (QED) is 0.608. The molecule has 0 spiro atoms. The smallest absolute Gasteiger partial charge is 0.256 e. The van der Waals surface area contributed by atoms with E-state index in [9.17, 15) is 9.59 Å². The third-order valence-electron chi connectivity index (χ3n) is 1.63. The van der Waals surface area contributed by atoms with Gasteiger partial charge in [-0.3, -0.25) is 9.59 Å². The van der Waals surface area contributed by atoms with Gasteiger partial charge in [0.15, 0.2) is 5.43 Å². The Hall–Kier alpha value is -1.62. The summed E-state index contributed by atoms with van der Waals surface area (Å²) in [5.74, 6) is -0.479. The zero-order valence-corrected chi connectivity index (χ0v) is 7.78. The molecule has 0 fully saturated rings. The number of pyridine rings is 1. The standard InChI is InChI=1S/C9H12N2O3/c1-6(12)4-11-9(14)7-5-10-3-2-8(7)13/h2-3,5-6,12H,4H2,1H3,(H,10,13)(H,11,14)/t6-/m0/s1. The van der Waals surface area contributed by atoms with Crippen molar-refractivity contribution < 1.29 is 9.90 Å². The van der Waals surface area contributed by atoms with Gasteiger partial charge in [0.25, 0.3) is 5.91 Å². The zero-order valence-electron chi connectivity index (χ0n) is 7.78. The molecular formula is C9H12N2O3. The van der Waals surface area contributed by atoms with Gasteiger partial charge in [-0.15, -0.1) is 0 Å². The molecule has 1 amide bonds. The number of nitrogens with one attached hydrogen (secondary N) is 2. The van der Waals surface area contributed by atoms with Gasteiger partial charge in [0, 0.05) is 25.0 Å². The summed E-state index contributed by atoms with van der Waals surface area (Å²) in [6, 6.07) is 1.28. The molecule has 1 atom stereocenters. The topological polar surface area (TPSA) is 82.2 Å². The predicted molar refractivity (Wildman–Crippen MR) is 51.1 cm³/mol. The Morgan fingerprint density at radius 2 is 2.43 bits per heavy atom. The van der Waals surface area contributed by atoms with E-state index in [2.05, 4.69) is 10.3 Å². The third kappa shape index (κ3) is 2.70. The zero-order chi connectivity index (χ0) is 10.6. The summed E-state index contributed by atoms with van der Waals surface area (Å²) in [7, 11) is 0. The number of hydrogen-bond donors (Lipinski definition) is 3. The maximum Gasteiger partial charge on any atom is 0.256 e. The van der Waals surface area contributed by atoms with E-state index in [4.69, 9.17) is 5.11 Å². The van der Waals surface area contributed by atoms with Crippen LogP contribution in [0.4, 0.5) is 0 Å². The number of hydrogen-bond acceptors (Lipinski definition) is 3. The normalized spacial score (nSPS) is 12.1. The minimum absolute atomic E-state index is 0.0492. The first-order valence-electron chi connectivity index (χ1n) is 4.24. The van der Waals surface area contributed by atoms with E-state index < -0.39 is 12.0 Å². The number of H-pyrrole nitrogens is 1. The van der Waals surface area contributed by atoms with Gasteiger partial charge in [-0.2, -0.15) is 0 Å². The highest BCUT2D eigenvalue weighted by molar-refractivity contribution is 5.93. The average molecular weight is 196 g/mol. The number of aromatic nitrogens is 1. The molecular weight excluding hydrogens is 184 g/mol. The highest BCUT2D eigenvalue weighted by Crippen LogP contribution is 1.88. The van der Waals surface area contributed by atoms with Crippen LogP contribution in [0.5, 0.6) is 0 Å². The van der Waals surface area contributed by atoms with Gasteiger partial charge in [-0.05, 0) is 6.92 Å². The second-order valence-corrected chi connectivity index (χ2v) is 2.98. The highest BCUT2D eigenvalue weighted by Gasteiger charge is 2.09. The van der Waals surface area contributed by atoms with Crippen molar-refractivity contribution >= 4 is 5.91 Å². The summed E-state index contributed by atoms with van der Waals surface area (Å²) in [6.45, 7) is 1.68. The molecule has 0 aliphatic carbocycles. The first-order valence-corrected chi connectivity index (χ1v) is 4.24. The Morgan fingerprint density at radius 1 is 1.71 bits per heavy atom. The van der Waals surface area contributed by atoms with Crippen molar-refractivity contribution in [2.24, 2.45) is 0 Å². The fraction of sp³-hybridized carbons (Fsp3) is 0.333. The maximum absolute atomic E-state index is 11.3. The van der Waals surface area contributed by atoms with Crippen LogP contribution in [0.25, 0.3) is 0 Å². The Morgan fingerprint density at radius 3 is 3.00 bits per heavy atom. The second-order valence-electron chi connectivity index (χ2n) is 2.98. The number of aromatic amines is 1. The Kier molecular flexibility index (Phi) is 3.41. The first-order chi connectivity index (χ1) is 6.61. The largest absolute Gasteiger partial charge is 0.392 e. The van der Waals surface area contributed by atoms with Gasteiger partial charge in [-0.25, -0.2) is 0 Å². The summed E-state index contributed by atoms with van der Waals surface area (Å²) >= 11 is 0. The number of carbonyl (C=O) groups excluding carboxylic acids is 1. The SMILES string of the molecule is C[C@H](O)CNC(=O)c1c[nH]ccc1=O. The van der Waals surface area contributed by atoms with E-state index in [1.807, 2.05) is 0 Å². The number of aliphatic hydroxyl groups is 1. The van der Waals surface area contributed by atoms with Gasteiger partial charge in [-0.1, -0.05) is 0 Å². The number of rotatable bonds is 3. The van der Waals surface area contributed by atoms with Crippen LogP contribution in [0, 0.1) is 0 Å². The first kappa shape index (κ1) is 10.5. The number of aliphatic hydroxyl groups excluding tert-OH is 1. The molecule has 3 N–H and O–H groups in total. The van der Waals surface area contributed by atoms with Crippen LogP contribution in [-0.4, -0.2) is 28.6 Å². The lowest BCUT2D eigenvalue weighted by atomic mass is 10.2. The number of carbonyl (C=O) groups is 1. The fourth-order valence-corrected chi connectivity index (χ4v) is 0.929. The minimum Gasteiger partial charge on any atom is -0.392 e. The minimum atomic E-state index is -0.623. The van der Waals surface area contributed by atoms with Gasteiger partial charge in [0.1, 0.15) is 5.56 Å². The predicted octanol–water partition coefficient (Wildman–Crippen LogP) is -0.515. The van der Waals surface area contributed by atoms with Crippen molar-refractivity contribution in [2.45, 2.75) is 13.0 Å². The molecule has 0 aromatic carbocycles. The summed E-state index contributed by atoms with van der Waals surface area (Å²) in [5, 5.41) is 11.3. The van der Waals surface area contributed by atoms with Crippen LogP contribution >= 0.6 is 0 Å². The van der Waals surface area contributed by atoms with Crippen LogP contribution in [0.15, 0.2) is 23.3 Å². The van der Waals surface area contributed by atoms with Crippen LogP contribution < -0.4 is 10.7 Å². The lowest BCUT2D eigenvalue weighted by molar-refractivity contribution is 0.0922. The molecule has 0 saturated heterocycles. The molecule has 0 saturated carbocycles. The summed E-state index contributed by atoms with van der Waals surface area (Å²) < 4.78 is 0. The van der Waals surface area contributed by atoms with E-state index in [0.29, 0.717) is 0 Å². The third-order valence-corrected chi connectivity index (χ3v) is 1.63. The molecule has 5 nitrogen and oxygen atoms in total. The Balaban J connectivity index is 2.71. The van der Waals surface area contributed by atoms with Crippen LogP contribution in [0.1, 0.15) is 17.3 Å². The van der Waals surface area contributed by atoms with E-state index >= 15 is 0 Å². The van der Waals surface area contributed by atoms with Crippen molar-refractivity contribution in [3.8, 4) is 0 Å². The molecule has 1 aromatic rings. The molecule has 0 bridgehead atoms. The Bertz CT molecular complexity index is 370. The summed E-state index contributed by atoms with van der Waals surface area (Å²) in [6.07, 6.45) is 2.16. The molecule has 1 rings (SSSR count). The van der Waals surface area contributed by atoms with Crippen molar-refractivity contribution in [1.29, 1.82) is 0 Å². The second kappa shape index (κ2) is 4.57. The van der Waals surface area contributed by atoms with Crippen LogP contribution in [-0.2, 0) is 0 Å². The molecule has 0 aliphatic rings. The van der Waals surface area contributed by atoms with E-state index in [1.54, 1.807) is 6.92 Å². The molecule has 5 heteroatoms. The number of amides is 1. The van der Waals surface area contributed by atoms with E-state index in [0.717, 1.165) is 0 Å². The van der Waals surface area contributed by atoms with Gasteiger partial charge in [0.2, 0.25) is 0 Å². The van der Waals surface area contributed by atoms with Crippen molar-refractivity contribution in [3.63, 3.8) is 0 Å². The lowest BCUT2D eigenvalue weighted by Gasteiger charge is -2.05. The molecule has 14 heavy (non-hydrogen) atoms. The molecule has 1 aromatic heterocycles. The van der Waals surface area contributed by atoms with Gasteiger partial charge in [0.05, 0.1) is 6.10 Å². The lowest BCUT2D eigenvalue weighted by Crippen LogP contribution is -2.33.